The van der Waals surface area contributed by atoms with E-state index in [1.54, 1.807) is 6.07 Å². The highest BCUT2D eigenvalue weighted by atomic mass is 19.2. The second-order valence-corrected chi connectivity index (χ2v) is 5.72. The molecular formula is C18H17F3. The summed E-state index contributed by atoms with van der Waals surface area (Å²) in [6.07, 6.45) is 3.90. The largest absolute Gasteiger partial charge is 0.206 e. The Kier molecular flexibility index (Phi) is 3.75. The monoisotopic (exact) mass is 290 g/mol. The molecule has 1 unspecified atom stereocenters. The average Bonchev–Trinajstić information content (AvgIpc) is 2.49. The van der Waals surface area contributed by atoms with E-state index in [2.05, 4.69) is 6.92 Å². The summed E-state index contributed by atoms with van der Waals surface area (Å²) in [5.41, 5.74) is 2.21. The van der Waals surface area contributed by atoms with E-state index in [1.165, 1.54) is 18.2 Å². The van der Waals surface area contributed by atoms with Crippen molar-refractivity contribution in [3.63, 3.8) is 0 Å². The average molecular weight is 290 g/mol. The molecule has 0 saturated carbocycles. The zero-order valence-corrected chi connectivity index (χ0v) is 11.9. The minimum Gasteiger partial charge on any atom is -0.206 e. The molecule has 21 heavy (non-hydrogen) atoms. The smallest absolute Gasteiger partial charge is 0.166 e. The van der Waals surface area contributed by atoms with Gasteiger partial charge in [0, 0.05) is 11.1 Å². The molecule has 2 aromatic rings. The first-order valence-corrected chi connectivity index (χ1v) is 7.35. The van der Waals surface area contributed by atoms with Gasteiger partial charge in [0.05, 0.1) is 0 Å². The van der Waals surface area contributed by atoms with E-state index < -0.39 is 17.5 Å². The van der Waals surface area contributed by atoms with Gasteiger partial charge in [-0.05, 0) is 54.5 Å². The molecular weight excluding hydrogens is 273 g/mol. The molecule has 1 aliphatic rings. The molecule has 1 aliphatic carbocycles. The lowest BCUT2D eigenvalue weighted by Crippen LogP contribution is -2.14. The number of aryl methyl sites for hydroxylation is 1. The van der Waals surface area contributed by atoms with E-state index in [4.69, 9.17) is 0 Å². The molecule has 0 nitrogen and oxygen atoms in total. The molecule has 0 aliphatic heterocycles. The van der Waals surface area contributed by atoms with Gasteiger partial charge in [-0.15, -0.1) is 0 Å². The van der Waals surface area contributed by atoms with Gasteiger partial charge in [-0.1, -0.05) is 25.5 Å². The topological polar surface area (TPSA) is 0 Å². The summed E-state index contributed by atoms with van der Waals surface area (Å²) in [5.74, 6) is -1.82. The lowest BCUT2D eigenvalue weighted by molar-refractivity contribution is 0.443. The highest BCUT2D eigenvalue weighted by molar-refractivity contribution is 5.66. The normalized spacial score (nSPS) is 17.6. The van der Waals surface area contributed by atoms with Crippen molar-refractivity contribution in [2.24, 2.45) is 5.92 Å². The number of hydrogen-bond acceptors (Lipinski definition) is 0. The standard InChI is InChI=1S/C18H17F3/c1-2-11-6-7-12-9-15(17(20)10-13(12)8-11)14-4-3-5-16(19)18(14)21/h3-5,9-11H,2,6-8H2,1H3. The third kappa shape index (κ3) is 2.57. The fraction of sp³-hybridized carbons (Fsp3) is 0.333. The Morgan fingerprint density at radius 2 is 1.81 bits per heavy atom. The zero-order valence-electron chi connectivity index (χ0n) is 11.9. The van der Waals surface area contributed by atoms with Crippen molar-refractivity contribution in [2.75, 3.05) is 0 Å². The van der Waals surface area contributed by atoms with Crippen LogP contribution in [0, 0.1) is 23.4 Å². The van der Waals surface area contributed by atoms with Crippen LogP contribution in [0.1, 0.15) is 30.9 Å². The van der Waals surface area contributed by atoms with Crippen LogP contribution in [0.2, 0.25) is 0 Å². The Balaban J connectivity index is 2.07. The molecule has 2 aromatic carbocycles. The third-order valence-electron chi connectivity index (χ3n) is 4.44. The molecule has 0 radical (unpaired) electrons. The van der Waals surface area contributed by atoms with Crippen LogP contribution in [0.3, 0.4) is 0 Å². The van der Waals surface area contributed by atoms with Crippen molar-refractivity contribution in [3.05, 3.63) is 58.9 Å². The van der Waals surface area contributed by atoms with Crippen molar-refractivity contribution in [1.82, 2.24) is 0 Å². The second-order valence-electron chi connectivity index (χ2n) is 5.72. The SMILES string of the molecule is CCC1CCc2cc(-c3cccc(F)c3F)c(F)cc2C1. The number of benzene rings is 2. The molecule has 0 fully saturated rings. The fourth-order valence-electron chi connectivity index (χ4n) is 3.12. The lowest BCUT2D eigenvalue weighted by atomic mass is 9.81. The lowest BCUT2D eigenvalue weighted by Gasteiger charge is -2.24. The quantitative estimate of drug-likeness (QED) is 0.705. The van der Waals surface area contributed by atoms with Gasteiger partial charge in [0.15, 0.2) is 11.6 Å². The minimum absolute atomic E-state index is 0.00656. The van der Waals surface area contributed by atoms with Crippen molar-refractivity contribution in [3.8, 4) is 11.1 Å². The van der Waals surface area contributed by atoms with E-state index >= 15 is 0 Å². The predicted molar refractivity (Wildman–Crippen MR) is 77.6 cm³/mol. The molecule has 0 heterocycles. The minimum atomic E-state index is -0.987. The number of rotatable bonds is 2. The van der Waals surface area contributed by atoms with Crippen LogP contribution in [-0.2, 0) is 12.8 Å². The maximum absolute atomic E-state index is 14.3. The van der Waals surface area contributed by atoms with Gasteiger partial charge >= 0.3 is 0 Å². The molecule has 3 rings (SSSR count). The summed E-state index contributed by atoms with van der Waals surface area (Å²) in [6.45, 7) is 2.14. The molecule has 0 saturated heterocycles. The van der Waals surface area contributed by atoms with E-state index in [0.717, 1.165) is 42.9 Å². The summed E-state index contributed by atoms with van der Waals surface area (Å²) in [5, 5.41) is 0. The van der Waals surface area contributed by atoms with Crippen LogP contribution in [-0.4, -0.2) is 0 Å². The Labute approximate surface area is 122 Å². The first kappa shape index (κ1) is 14.2. The van der Waals surface area contributed by atoms with Crippen LogP contribution < -0.4 is 0 Å². The summed E-state index contributed by atoms with van der Waals surface area (Å²) in [7, 11) is 0. The van der Waals surface area contributed by atoms with E-state index in [-0.39, 0.29) is 11.1 Å². The molecule has 3 heteroatoms. The van der Waals surface area contributed by atoms with Gasteiger partial charge in [-0.25, -0.2) is 13.2 Å². The fourth-order valence-corrected chi connectivity index (χ4v) is 3.12. The van der Waals surface area contributed by atoms with Crippen LogP contribution in [0.25, 0.3) is 11.1 Å². The second kappa shape index (κ2) is 5.55. The Morgan fingerprint density at radius 3 is 2.57 bits per heavy atom. The van der Waals surface area contributed by atoms with Gasteiger partial charge < -0.3 is 0 Å². The van der Waals surface area contributed by atoms with E-state index in [9.17, 15) is 13.2 Å². The summed E-state index contributed by atoms with van der Waals surface area (Å²) >= 11 is 0. The van der Waals surface area contributed by atoms with E-state index in [0.29, 0.717) is 5.92 Å². The van der Waals surface area contributed by atoms with Crippen molar-refractivity contribution < 1.29 is 13.2 Å². The molecule has 0 aromatic heterocycles. The van der Waals surface area contributed by atoms with Gasteiger partial charge in [-0.2, -0.15) is 0 Å². The van der Waals surface area contributed by atoms with Crippen molar-refractivity contribution in [2.45, 2.75) is 32.6 Å². The van der Waals surface area contributed by atoms with Gasteiger partial charge in [0.1, 0.15) is 5.82 Å². The van der Waals surface area contributed by atoms with Crippen LogP contribution in [0.15, 0.2) is 30.3 Å². The Hall–Kier alpha value is -1.77. The highest BCUT2D eigenvalue weighted by Gasteiger charge is 2.21. The van der Waals surface area contributed by atoms with Crippen LogP contribution in [0.4, 0.5) is 13.2 Å². The summed E-state index contributed by atoms with van der Waals surface area (Å²) < 4.78 is 41.5. The first-order chi connectivity index (χ1) is 10.1. The maximum atomic E-state index is 14.3. The van der Waals surface area contributed by atoms with Crippen LogP contribution >= 0.6 is 0 Å². The molecule has 0 N–H and O–H groups in total. The number of halogens is 3. The Morgan fingerprint density at radius 1 is 1.00 bits per heavy atom. The van der Waals surface area contributed by atoms with E-state index in [1.807, 2.05) is 0 Å². The predicted octanol–water partition coefficient (Wildman–Crippen LogP) is 5.29. The molecule has 0 spiro atoms. The van der Waals surface area contributed by atoms with Crippen molar-refractivity contribution >= 4 is 0 Å². The van der Waals surface area contributed by atoms with Gasteiger partial charge in [-0.3, -0.25) is 0 Å². The molecule has 0 bridgehead atoms. The third-order valence-corrected chi connectivity index (χ3v) is 4.44. The molecule has 110 valence electrons. The van der Waals surface area contributed by atoms with Crippen LogP contribution in [0.5, 0.6) is 0 Å². The van der Waals surface area contributed by atoms with Crippen molar-refractivity contribution in [1.29, 1.82) is 0 Å². The molecule has 0 amide bonds. The number of fused-ring (bicyclic) bond motifs is 1. The molecule has 1 atom stereocenters. The zero-order chi connectivity index (χ0) is 15.0. The van der Waals surface area contributed by atoms with Gasteiger partial charge in [0.25, 0.3) is 0 Å². The number of hydrogen-bond donors (Lipinski definition) is 0. The summed E-state index contributed by atoms with van der Waals surface area (Å²) in [6, 6.07) is 7.05. The summed E-state index contributed by atoms with van der Waals surface area (Å²) in [4.78, 5) is 0. The first-order valence-electron chi connectivity index (χ1n) is 7.35. The maximum Gasteiger partial charge on any atom is 0.166 e. The highest BCUT2D eigenvalue weighted by Crippen LogP contribution is 2.34. The Bertz CT molecular complexity index is 676. The van der Waals surface area contributed by atoms with Gasteiger partial charge in [0.2, 0.25) is 0 Å².